The van der Waals surface area contributed by atoms with Gasteiger partial charge in [0.25, 0.3) is 5.91 Å². The zero-order valence-corrected chi connectivity index (χ0v) is 17.9. The van der Waals surface area contributed by atoms with E-state index >= 15 is 0 Å². The molecule has 0 bridgehead atoms. The van der Waals surface area contributed by atoms with Crippen LogP contribution < -0.4 is 0 Å². The van der Waals surface area contributed by atoms with Gasteiger partial charge in [0.1, 0.15) is 6.54 Å². The summed E-state index contributed by atoms with van der Waals surface area (Å²) in [7, 11) is -3.75. The van der Waals surface area contributed by atoms with Crippen LogP contribution in [0.15, 0.2) is 53.4 Å². The molecule has 0 aromatic heterocycles. The van der Waals surface area contributed by atoms with Crippen LogP contribution >= 0.6 is 0 Å². The Bertz CT molecular complexity index is 1040. The first-order valence-corrected chi connectivity index (χ1v) is 10.9. The van der Waals surface area contributed by atoms with Crippen molar-refractivity contribution in [1.82, 2.24) is 9.21 Å². The van der Waals surface area contributed by atoms with Crippen LogP contribution in [0.1, 0.15) is 35.3 Å². The number of nitrogens with zero attached hydrogens (tertiary/aromatic N) is 3. The number of hydrogen-bond donors (Lipinski definition) is 0. The van der Waals surface area contributed by atoms with Crippen molar-refractivity contribution in [1.29, 1.82) is 5.26 Å². The van der Waals surface area contributed by atoms with Gasteiger partial charge in [-0.3, -0.25) is 4.79 Å². The van der Waals surface area contributed by atoms with Crippen molar-refractivity contribution >= 4 is 15.9 Å². The molecule has 0 heterocycles. The SMILES string of the molecule is CCN(CC)S(=O)(=O)c1ccc(C(=O)N(Cc2ccc(C#N)cc2)CC(F)(F)F)cc1. The highest BCUT2D eigenvalue weighted by molar-refractivity contribution is 7.89. The van der Waals surface area contributed by atoms with Crippen molar-refractivity contribution < 1.29 is 26.4 Å². The van der Waals surface area contributed by atoms with Gasteiger partial charge in [-0.1, -0.05) is 26.0 Å². The molecule has 0 unspecified atom stereocenters. The van der Waals surface area contributed by atoms with Crippen LogP contribution in [0.2, 0.25) is 0 Å². The van der Waals surface area contributed by atoms with Crippen molar-refractivity contribution in [2.24, 2.45) is 0 Å². The smallest absolute Gasteiger partial charge is 0.325 e. The lowest BCUT2D eigenvalue weighted by atomic mass is 10.1. The Balaban J connectivity index is 2.30. The minimum absolute atomic E-state index is 0.0396. The van der Waals surface area contributed by atoms with E-state index in [1.807, 2.05) is 6.07 Å². The fraction of sp³-hybridized carbons (Fsp3) is 0.333. The standard InChI is InChI=1S/C21H22F3N3O3S/c1-3-27(4-2)31(29,30)19-11-9-18(10-12-19)20(28)26(15-21(22,23)24)14-17-7-5-16(13-25)6-8-17/h5-12H,3-4,14-15H2,1-2H3. The van der Waals surface area contributed by atoms with Crippen LogP contribution in [0.25, 0.3) is 0 Å². The van der Waals surface area contributed by atoms with Crippen molar-refractivity contribution in [2.75, 3.05) is 19.6 Å². The number of alkyl halides is 3. The molecule has 2 aromatic rings. The average Bonchev–Trinajstić information content (AvgIpc) is 2.73. The molecule has 0 saturated heterocycles. The van der Waals surface area contributed by atoms with Crippen molar-refractivity contribution in [2.45, 2.75) is 31.5 Å². The summed E-state index contributed by atoms with van der Waals surface area (Å²) >= 11 is 0. The molecule has 0 radical (unpaired) electrons. The van der Waals surface area contributed by atoms with E-state index in [1.54, 1.807) is 13.8 Å². The number of carbonyl (C=O) groups excluding carboxylic acids is 1. The van der Waals surface area contributed by atoms with Crippen LogP contribution in [0, 0.1) is 11.3 Å². The molecule has 0 N–H and O–H groups in total. The summed E-state index contributed by atoms with van der Waals surface area (Å²) in [6.45, 7) is 2.13. The molecule has 0 saturated carbocycles. The van der Waals surface area contributed by atoms with Crippen LogP contribution in [0.4, 0.5) is 13.2 Å². The highest BCUT2D eigenvalue weighted by atomic mass is 32.2. The predicted octanol–water partition coefficient (Wildman–Crippen LogP) is 3.79. The van der Waals surface area contributed by atoms with Gasteiger partial charge in [0.15, 0.2) is 0 Å². The first-order chi connectivity index (χ1) is 14.5. The average molecular weight is 453 g/mol. The number of sulfonamides is 1. The second kappa shape index (κ2) is 9.94. The molecule has 0 atom stereocenters. The number of benzene rings is 2. The van der Waals surface area contributed by atoms with E-state index in [0.29, 0.717) is 16.0 Å². The monoisotopic (exact) mass is 453 g/mol. The fourth-order valence-electron chi connectivity index (χ4n) is 2.99. The van der Waals surface area contributed by atoms with E-state index in [9.17, 15) is 26.4 Å². The Morgan fingerprint density at radius 1 is 1.00 bits per heavy atom. The highest BCUT2D eigenvalue weighted by Gasteiger charge is 2.33. The Hall–Kier alpha value is -2.90. The Morgan fingerprint density at radius 3 is 2.00 bits per heavy atom. The maximum Gasteiger partial charge on any atom is 0.406 e. The van der Waals surface area contributed by atoms with Crippen LogP contribution in [-0.2, 0) is 16.6 Å². The molecule has 2 aromatic carbocycles. The van der Waals surface area contributed by atoms with Gasteiger partial charge in [0.2, 0.25) is 10.0 Å². The van der Waals surface area contributed by atoms with Gasteiger partial charge in [-0.05, 0) is 42.0 Å². The van der Waals surface area contributed by atoms with E-state index in [1.165, 1.54) is 52.8 Å². The predicted molar refractivity (Wildman–Crippen MR) is 109 cm³/mol. The fourth-order valence-corrected chi connectivity index (χ4v) is 4.44. The van der Waals surface area contributed by atoms with Crippen molar-refractivity contribution in [3.05, 3.63) is 65.2 Å². The Kier molecular flexibility index (Phi) is 7.81. The van der Waals surface area contributed by atoms with Gasteiger partial charge < -0.3 is 4.90 Å². The highest BCUT2D eigenvalue weighted by Crippen LogP contribution is 2.22. The van der Waals surface area contributed by atoms with Gasteiger partial charge in [-0.15, -0.1) is 0 Å². The van der Waals surface area contributed by atoms with Gasteiger partial charge in [0, 0.05) is 25.2 Å². The molecule has 166 valence electrons. The lowest BCUT2D eigenvalue weighted by Crippen LogP contribution is -2.38. The van der Waals surface area contributed by atoms with Crippen LogP contribution in [-0.4, -0.2) is 49.3 Å². The molecule has 0 spiro atoms. The lowest BCUT2D eigenvalue weighted by molar-refractivity contribution is -0.141. The zero-order valence-electron chi connectivity index (χ0n) is 17.1. The number of hydrogen-bond acceptors (Lipinski definition) is 4. The minimum atomic E-state index is -4.62. The maximum atomic E-state index is 13.1. The van der Waals surface area contributed by atoms with Crippen LogP contribution in [0.5, 0.6) is 0 Å². The molecule has 0 aliphatic heterocycles. The Labute approximate surface area is 179 Å². The summed E-state index contributed by atoms with van der Waals surface area (Å²) in [4.78, 5) is 13.4. The first-order valence-electron chi connectivity index (χ1n) is 9.47. The van der Waals surface area contributed by atoms with Crippen molar-refractivity contribution in [3.63, 3.8) is 0 Å². The molecule has 10 heteroatoms. The molecule has 0 fully saturated rings. The summed E-state index contributed by atoms with van der Waals surface area (Å²) in [6, 6.07) is 12.6. The minimum Gasteiger partial charge on any atom is -0.325 e. The van der Waals surface area contributed by atoms with Gasteiger partial charge >= 0.3 is 6.18 Å². The summed E-state index contributed by atoms with van der Waals surface area (Å²) in [6.07, 6.45) is -4.62. The molecule has 0 aliphatic carbocycles. The molecular weight excluding hydrogens is 431 g/mol. The van der Waals surface area contributed by atoms with Crippen molar-refractivity contribution in [3.8, 4) is 6.07 Å². The molecule has 31 heavy (non-hydrogen) atoms. The summed E-state index contributed by atoms with van der Waals surface area (Å²) in [5.41, 5.74) is 0.719. The molecule has 6 nitrogen and oxygen atoms in total. The third-order valence-electron chi connectivity index (χ3n) is 4.56. The van der Waals surface area contributed by atoms with E-state index in [0.717, 1.165) is 0 Å². The summed E-state index contributed by atoms with van der Waals surface area (Å²) in [5, 5.41) is 8.84. The van der Waals surface area contributed by atoms with Gasteiger partial charge in [-0.2, -0.15) is 22.7 Å². The number of nitriles is 1. The third-order valence-corrected chi connectivity index (χ3v) is 6.62. The summed E-state index contributed by atoms with van der Waals surface area (Å²) < 4.78 is 65.5. The number of rotatable bonds is 8. The van der Waals surface area contributed by atoms with E-state index in [4.69, 9.17) is 5.26 Å². The molecular formula is C21H22F3N3O3S. The Morgan fingerprint density at radius 2 is 1.55 bits per heavy atom. The van der Waals surface area contributed by atoms with E-state index in [2.05, 4.69) is 0 Å². The normalized spacial score (nSPS) is 11.9. The summed E-state index contributed by atoms with van der Waals surface area (Å²) in [5.74, 6) is -0.881. The quantitative estimate of drug-likeness (QED) is 0.609. The van der Waals surface area contributed by atoms with E-state index < -0.39 is 28.7 Å². The molecule has 1 amide bonds. The molecule has 0 aliphatic rings. The first kappa shape index (κ1) is 24.4. The number of halogens is 3. The second-order valence-corrected chi connectivity index (χ2v) is 8.64. The molecule has 2 rings (SSSR count). The maximum absolute atomic E-state index is 13.1. The zero-order chi connectivity index (χ0) is 23.2. The topological polar surface area (TPSA) is 81.5 Å². The second-order valence-electron chi connectivity index (χ2n) is 6.70. The third kappa shape index (κ3) is 6.29. The van der Waals surface area contributed by atoms with Gasteiger partial charge in [0.05, 0.1) is 16.5 Å². The number of carbonyl (C=O) groups is 1. The lowest BCUT2D eigenvalue weighted by Gasteiger charge is -2.24. The number of amides is 1. The van der Waals surface area contributed by atoms with Gasteiger partial charge in [-0.25, -0.2) is 8.42 Å². The largest absolute Gasteiger partial charge is 0.406 e. The van der Waals surface area contributed by atoms with E-state index in [-0.39, 0.29) is 30.1 Å². The van der Waals surface area contributed by atoms with Crippen LogP contribution in [0.3, 0.4) is 0 Å².